The third-order valence-electron chi connectivity index (χ3n) is 6.04. The molecule has 2 aromatic rings. The van der Waals surface area contributed by atoms with E-state index in [1.165, 1.54) is 6.92 Å². The van der Waals surface area contributed by atoms with Crippen LogP contribution in [0.1, 0.15) is 33.3 Å². The van der Waals surface area contributed by atoms with Gasteiger partial charge in [0, 0.05) is 19.3 Å². The maximum Gasteiger partial charge on any atom is 0.408 e. The molecule has 12 nitrogen and oxygen atoms in total. The van der Waals surface area contributed by atoms with Gasteiger partial charge in [-0.05, 0) is 51.5 Å². The predicted molar refractivity (Wildman–Crippen MR) is 176 cm³/mol. The van der Waals surface area contributed by atoms with Crippen LogP contribution >= 0.6 is 23.2 Å². The van der Waals surface area contributed by atoms with E-state index in [-0.39, 0.29) is 19.6 Å². The fourth-order valence-corrected chi connectivity index (χ4v) is 4.38. The summed E-state index contributed by atoms with van der Waals surface area (Å²) in [5.41, 5.74) is 0.900. The molecule has 2 rings (SSSR count). The van der Waals surface area contributed by atoms with E-state index in [1.807, 2.05) is 0 Å². The molecule has 14 heteroatoms. The minimum atomic E-state index is -1.24. The summed E-state index contributed by atoms with van der Waals surface area (Å²) in [5.74, 6) is -1.20. The van der Waals surface area contributed by atoms with Crippen LogP contribution in [0, 0.1) is 0 Å². The van der Waals surface area contributed by atoms with Crippen molar-refractivity contribution in [2.45, 2.75) is 51.9 Å². The van der Waals surface area contributed by atoms with Gasteiger partial charge >= 0.3 is 12.1 Å². The number of benzene rings is 2. The fourth-order valence-electron chi connectivity index (χ4n) is 3.89. The van der Waals surface area contributed by atoms with Gasteiger partial charge in [0.2, 0.25) is 5.91 Å². The lowest BCUT2D eigenvalue weighted by atomic mass is 10.1. The molecule has 2 atom stereocenters. The van der Waals surface area contributed by atoms with Crippen LogP contribution in [0.2, 0.25) is 10.0 Å². The lowest BCUT2D eigenvalue weighted by Gasteiger charge is -2.26. The Labute approximate surface area is 280 Å². The Balaban J connectivity index is 1.93. The second kappa shape index (κ2) is 20.9. The topological polar surface area (TPSA) is 143 Å². The molecule has 256 valence electrons. The van der Waals surface area contributed by atoms with Crippen molar-refractivity contribution in [2.75, 3.05) is 65.2 Å². The van der Waals surface area contributed by atoms with Crippen molar-refractivity contribution in [1.29, 1.82) is 0 Å². The zero-order chi connectivity index (χ0) is 34.0. The Morgan fingerprint density at radius 2 is 1.41 bits per heavy atom. The number of rotatable bonds is 20. The molecule has 0 fully saturated rings. The highest BCUT2D eigenvalue weighted by Crippen LogP contribution is 2.33. The molecule has 2 aromatic carbocycles. The van der Waals surface area contributed by atoms with E-state index in [0.29, 0.717) is 66.6 Å². The first-order chi connectivity index (χ1) is 21.9. The van der Waals surface area contributed by atoms with E-state index >= 15 is 0 Å². The van der Waals surface area contributed by atoms with Crippen molar-refractivity contribution >= 4 is 52.5 Å². The van der Waals surface area contributed by atoms with Gasteiger partial charge in [-0.15, -0.1) is 0 Å². The number of hydrogen-bond acceptors (Lipinski definition) is 10. The number of carbonyl (C=O) groups excluding carboxylic acids is 3. The SMILES string of the molecule is COCCOCCOCCOCCNC(=O)[C@@H](NC(=O)OC(C)(C)C)C(C)OC(=O)Cc1ccccc1Nc1c(Cl)cccc1Cl. The van der Waals surface area contributed by atoms with Crippen LogP contribution in [0.3, 0.4) is 0 Å². The smallest absolute Gasteiger partial charge is 0.408 e. The number of alkyl carbamates (subject to hydrolysis) is 1. The Kier molecular flexibility index (Phi) is 17.7. The fraction of sp³-hybridized carbons (Fsp3) is 0.531. The average molecular weight is 687 g/mol. The molecule has 0 bridgehead atoms. The summed E-state index contributed by atoms with van der Waals surface area (Å²) in [6, 6.07) is 11.0. The summed E-state index contributed by atoms with van der Waals surface area (Å²) in [6.07, 6.45) is -2.01. The minimum absolute atomic E-state index is 0.133. The van der Waals surface area contributed by atoms with Crippen LogP contribution in [0.5, 0.6) is 0 Å². The molecule has 0 saturated carbocycles. The van der Waals surface area contributed by atoms with Gasteiger partial charge in [-0.2, -0.15) is 0 Å². The van der Waals surface area contributed by atoms with Gasteiger partial charge in [-0.25, -0.2) is 4.79 Å². The summed E-state index contributed by atoms with van der Waals surface area (Å²) in [5, 5.41) is 9.22. The van der Waals surface area contributed by atoms with Crippen LogP contribution in [-0.2, 0) is 44.4 Å². The molecule has 0 aliphatic rings. The summed E-state index contributed by atoms with van der Waals surface area (Å²) in [4.78, 5) is 38.7. The molecule has 2 amide bonds. The van der Waals surface area contributed by atoms with Crippen molar-refractivity contribution in [3.8, 4) is 0 Å². The minimum Gasteiger partial charge on any atom is -0.460 e. The number of ether oxygens (including phenoxy) is 6. The predicted octanol–water partition coefficient (Wildman–Crippen LogP) is 4.92. The molecule has 0 aromatic heterocycles. The van der Waals surface area contributed by atoms with Gasteiger partial charge < -0.3 is 44.4 Å². The molecule has 0 aliphatic heterocycles. The number of carbonyl (C=O) groups is 3. The highest BCUT2D eigenvalue weighted by molar-refractivity contribution is 6.39. The molecule has 0 heterocycles. The van der Waals surface area contributed by atoms with E-state index in [0.717, 1.165) is 0 Å². The average Bonchev–Trinajstić information content (AvgIpc) is 2.98. The Morgan fingerprint density at radius 3 is 2.02 bits per heavy atom. The number of methoxy groups -OCH3 is 1. The van der Waals surface area contributed by atoms with Crippen molar-refractivity contribution in [3.63, 3.8) is 0 Å². The van der Waals surface area contributed by atoms with Crippen molar-refractivity contribution < 1.29 is 42.8 Å². The lowest BCUT2D eigenvalue weighted by molar-refractivity contribution is -0.150. The second-order valence-corrected chi connectivity index (χ2v) is 11.8. The zero-order valence-electron chi connectivity index (χ0n) is 27.0. The number of nitrogens with one attached hydrogen (secondary N) is 3. The van der Waals surface area contributed by atoms with Gasteiger partial charge in [0.1, 0.15) is 17.7 Å². The summed E-state index contributed by atoms with van der Waals surface area (Å²) >= 11 is 12.6. The molecule has 0 radical (unpaired) electrons. The third-order valence-corrected chi connectivity index (χ3v) is 6.67. The van der Waals surface area contributed by atoms with E-state index < -0.39 is 35.7 Å². The largest absolute Gasteiger partial charge is 0.460 e. The molecule has 0 saturated heterocycles. The Hall–Kier alpha value is -3.13. The normalized spacial score (nSPS) is 12.6. The second-order valence-electron chi connectivity index (χ2n) is 11.0. The number of para-hydroxylation sites is 2. The van der Waals surface area contributed by atoms with Crippen LogP contribution in [0.15, 0.2) is 42.5 Å². The summed E-state index contributed by atoms with van der Waals surface area (Å²) < 4.78 is 32.1. The van der Waals surface area contributed by atoms with Crippen molar-refractivity contribution in [3.05, 3.63) is 58.1 Å². The number of hydrogen-bond donors (Lipinski definition) is 3. The first-order valence-corrected chi connectivity index (χ1v) is 15.6. The van der Waals surface area contributed by atoms with Gasteiger partial charge in [0.25, 0.3) is 0 Å². The van der Waals surface area contributed by atoms with E-state index in [4.69, 9.17) is 51.6 Å². The highest BCUT2D eigenvalue weighted by atomic mass is 35.5. The van der Waals surface area contributed by atoms with Crippen LogP contribution in [0.4, 0.5) is 16.2 Å². The molecule has 1 unspecified atom stereocenters. The quantitative estimate of drug-likeness (QED) is 0.130. The molecule has 0 aliphatic carbocycles. The van der Waals surface area contributed by atoms with Gasteiger partial charge in [0.15, 0.2) is 0 Å². The van der Waals surface area contributed by atoms with E-state index in [2.05, 4.69) is 16.0 Å². The summed E-state index contributed by atoms with van der Waals surface area (Å²) in [7, 11) is 1.61. The Morgan fingerprint density at radius 1 is 0.826 bits per heavy atom. The standard InChI is InChI=1S/C32H45Cl2N3O9/c1-22(45-27(38)21-23-9-6-7-12-26(23)36-29-24(33)10-8-11-25(29)34)28(37-31(40)46-32(2,3)4)30(39)35-13-14-42-17-18-44-20-19-43-16-15-41-5/h6-12,22,28,36H,13-21H2,1-5H3,(H,35,39)(H,37,40)/t22?,28-/m0/s1. The molecule has 3 N–H and O–H groups in total. The van der Waals surface area contributed by atoms with Gasteiger partial charge in [0.05, 0.1) is 68.4 Å². The summed E-state index contributed by atoms with van der Waals surface area (Å²) in [6.45, 7) is 9.54. The zero-order valence-corrected chi connectivity index (χ0v) is 28.5. The van der Waals surface area contributed by atoms with Gasteiger partial charge in [-0.3, -0.25) is 9.59 Å². The van der Waals surface area contributed by atoms with E-state index in [1.54, 1.807) is 70.3 Å². The third kappa shape index (κ3) is 15.4. The number of anilines is 2. The molecular weight excluding hydrogens is 641 g/mol. The molecule has 0 spiro atoms. The van der Waals surface area contributed by atoms with Crippen LogP contribution in [-0.4, -0.2) is 95.6 Å². The van der Waals surface area contributed by atoms with Crippen molar-refractivity contribution in [2.24, 2.45) is 0 Å². The maximum atomic E-state index is 13.1. The van der Waals surface area contributed by atoms with Crippen LogP contribution in [0.25, 0.3) is 0 Å². The van der Waals surface area contributed by atoms with Gasteiger partial charge in [-0.1, -0.05) is 47.5 Å². The highest BCUT2D eigenvalue weighted by Gasteiger charge is 2.31. The van der Waals surface area contributed by atoms with Crippen molar-refractivity contribution in [1.82, 2.24) is 10.6 Å². The van der Waals surface area contributed by atoms with E-state index in [9.17, 15) is 14.4 Å². The first kappa shape index (κ1) is 39.1. The number of amides is 2. The Bertz CT molecular complexity index is 1220. The molecular formula is C32H45Cl2N3O9. The van der Waals surface area contributed by atoms with Crippen LogP contribution < -0.4 is 16.0 Å². The number of halogens is 2. The maximum absolute atomic E-state index is 13.1. The lowest BCUT2D eigenvalue weighted by Crippen LogP contribution is -2.54. The monoisotopic (exact) mass is 685 g/mol. The first-order valence-electron chi connectivity index (χ1n) is 14.9. The molecule has 46 heavy (non-hydrogen) atoms. The number of esters is 1.